The SMILES string of the molecule is Cc1cc([C@@H](O)[C@H](C)N)cc(C)c1Br. The highest BCUT2D eigenvalue weighted by molar-refractivity contribution is 9.10. The number of halogens is 1. The molecule has 3 N–H and O–H groups in total. The fraction of sp³-hybridized carbons (Fsp3) is 0.455. The summed E-state index contributed by atoms with van der Waals surface area (Å²) >= 11 is 3.49. The van der Waals surface area contributed by atoms with Gasteiger partial charge in [-0.3, -0.25) is 0 Å². The second-order valence-corrected chi connectivity index (χ2v) is 4.57. The van der Waals surface area contributed by atoms with Crippen molar-refractivity contribution in [2.45, 2.75) is 32.9 Å². The van der Waals surface area contributed by atoms with Crippen LogP contribution < -0.4 is 5.73 Å². The highest BCUT2D eigenvalue weighted by Gasteiger charge is 2.14. The van der Waals surface area contributed by atoms with Crippen LogP contribution in [0.4, 0.5) is 0 Å². The standard InChI is InChI=1S/C11H16BrNO/c1-6-4-9(11(14)8(3)13)5-7(2)10(6)12/h4-5,8,11,14H,13H2,1-3H3/t8-,11-/m0/s1. The molecule has 0 aliphatic rings. The van der Waals surface area contributed by atoms with E-state index in [0.29, 0.717) is 0 Å². The van der Waals surface area contributed by atoms with Gasteiger partial charge in [0.1, 0.15) is 0 Å². The summed E-state index contributed by atoms with van der Waals surface area (Å²) in [7, 11) is 0. The Kier molecular flexibility index (Phi) is 3.70. The fourth-order valence-electron chi connectivity index (χ4n) is 1.45. The number of aliphatic hydroxyl groups excluding tert-OH is 1. The maximum atomic E-state index is 9.80. The van der Waals surface area contributed by atoms with Gasteiger partial charge >= 0.3 is 0 Å². The summed E-state index contributed by atoms with van der Waals surface area (Å²) in [5, 5.41) is 9.80. The monoisotopic (exact) mass is 257 g/mol. The number of benzene rings is 1. The Balaban J connectivity index is 3.12. The molecule has 0 aliphatic carbocycles. The predicted molar refractivity (Wildman–Crippen MR) is 62.2 cm³/mol. The third kappa shape index (κ3) is 2.35. The van der Waals surface area contributed by atoms with Crippen molar-refractivity contribution < 1.29 is 5.11 Å². The molecule has 0 amide bonds. The number of nitrogens with two attached hydrogens (primary N) is 1. The first-order valence-electron chi connectivity index (χ1n) is 4.63. The molecule has 0 spiro atoms. The molecule has 78 valence electrons. The van der Waals surface area contributed by atoms with Crippen LogP contribution in [0.25, 0.3) is 0 Å². The van der Waals surface area contributed by atoms with Gasteiger partial charge in [0.2, 0.25) is 0 Å². The maximum absolute atomic E-state index is 9.80. The second kappa shape index (κ2) is 4.43. The van der Waals surface area contributed by atoms with E-state index < -0.39 is 6.10 Å². The highest BCUT2D eigenvalue weighted by Crippen LogP contribution is 2.26. The molecule has 3 heteroatoms. The molecule has 2 atom stereocenters. The van der Waals surface area contributed by atoms with Crippen molar-refractivity contribution in [3.05, 3.63) is 33.3 Å². The van der Waals surface area contributed by atoms with Crippen LogP contribution in [-0.2, 0) is 0 Å². The molecule has 1 aromatic carbocycles. The minimum Gasteiger partial charge on any atom is -0.387 e. The normalized spacial score (nSPS) is 15.3. The Morgan fingerprint density at radius 3 is 2.07 bits per heavy atom. The lowest BCUT2D eigenvalue weighted by Gasteiger charge is -2.17. The van der Waals surface area contributed by atoms with Gasteiger partial charge in [-0.05, 0) is 37.5 Å². The molecule has 2 nitrogen and oxygen atoms in total. The van der Waals surface area contributed by atoms with E-state index in [1.165, 1.54) is 0 Å². The molecule has 0 aromatic heterocycles. The second-order valence-electron chi connectivity index (χ2n) is 3.77. The molecule has 0 saturated heterocycles. The van der Waals surface area contributed by atoms with E-state index in [-0.39, 0.29) is 6.04 Å². The number of aryl methyl sites for hydroxylation is 2. The minimum atomic E-state index is -0.583. The summed E-state index contributed by atoms with van der Waals surface area (Å²) in [4.78, 5) is 0. The van der Waals surface area contributed by atoms with Gasteiger partial charge in [-0.25, -0.2) is 0 Å². The summed E-state index contributed by atoms with van der Waals surface area (Å²) in [5.41, 5.74) is 8.78. The van der Waals surface area contributed by atoms with E-state index in [2.05, 4.69) is 15.9 Å². The van der Waals surface area contributed by atoms with Crippen LogP contribution in [0.2, 0.25) is 0 Å². The molecule has 0 saturated carbocycles. The van der Waals surface area contributed by atoms with Gasteiger partial charge in [0.05, 0.1) is 6.10 Å². The molecule has 0 unspecified atom stereocenters. The van der Waals surface area contributed by atoms with Gasteiger partial charge in [0.25, 0.3) is 0 Å². The molecular weight excluding hydrogens is 242 g/mol. The van der Waals surface area contributed by atoms with Crippen molar-refractivity contribution in [2.75, 3.05) is 0 Å². The maximum Gasteiger partial charge on any atom is 0.0938 e. The summed E-state index contributed by atoms with van der Waals surface area (Å²) in [5.74, 6) is 0. The van der Waals surface area contributed by atoms with Crippen molar-refractivity contribution in [3.8, 4) is 0 Å². The van der Waals surface area contributed by atoms with Crippen molar-refractivity contribution in [2.24, 2.45) is 5.73 Å². The van der Waals surface area contributed by atoms with Crippen molar-refractivity contribution in [1.82, 2.24) is 0 Å². The topological polar surface area (TPSA) is 46.2 Å². The number of hydrogen-bond donors (Lipinski definition) is 2. The van der Waals surface area contributed by atoms with Crippen LogP contribution in [0, 0.1) is 13.8 Å². The number of rotatable bonds is 2. The molecule has 0 fully saturated rings. The number of aliphatic hydroxyl groups is 1. The lowest BCUT2D eigenvalue weighted by atomic mass is 10.00. The largest absolute Gasteiger partial charge is 0.387 e. The van der Waals surface area contributed by atoms with Crippen LogP contribution in [0.3, 0.4) is 0 Å². The molecule has 0 heterocycles. The minimum absolute atomic E-state index is 0.241. The van der Waals surface area contributed by atoms with Crippen LogP contribution in [0.15, 0.2) is 16.6 Å². The Hall–Kier alpha value is -0.380. The molecule has 1 aromatic rings. The number of hydrogen-bond acceptors (Lipinski definition) is 2. The Labute approximate surface area is 93.3 Å². The van der Waals surface area contributed by atoms with Gasteiger partial charge in [-0.15, -0.1) is 0 Å². The highest BCUT2D eigenvalue weighted by atomic mass is 79.9. The first-order valence-corrected chi connectivity index (χ1v) is 5.43. The smallest absolute Gasteiger partial charge is 0.0938 e. The molecule has 0 aliphatic heterocycles. The van der Waals surface area contributed by atoms with Crippen LogP contribution in [0.1, 0.15) is 29.7 Å². The zero-order valence-electron chi connectivity index (χ0n) is 8.71. The van der Waals surface area contributed by atoms with E-state index in [0.717, 1.165) is 21.2 Å². The average Bonchev–Trinajstić information content (AvgIpc) is 2.12. The third-order valence-electron chi connectivity index (χ3n) is 2.30. The van der Waals surface area contributed by atoms with Gasteiger partial charge in [-0.1, -0.05) is 28.1 Å². The molecule has 0 radical (unpaired) electrons. The quantitative estimate of drug-likeness (QED) is 0.855. The Bertz CT molecular complexity index is 313. The van der Waals surface area contributed by atoms with Crippen LogP contribution >= 0.6 is 15.9 Å². The predicted octanol–water partition coefficient (Wildman–Crippen LogP) is 2.45. The van der Waals surface area contributed by atoms with E-state index >= 15 is 0 Å². The van der Waals surface area contributed by atoms with Crippen molar-refractivity contribution >= 4 is 15.9 Å². The molecule has 0 bridgehead atoms. The van der Waals surface area contributed by atoms with Gasteiger partial charge < -0.3 is 10.8 Å². The van der Waals surface area contributed by atoms with Crippen molar-refractivity contribution in [3.63, 3.8) is 0 Å². The van der Waals surface area contributed by atoms with E-state index in [1.54, 1.807) is 6.92 Å². The fourth-order valence-corrected chi connectivity index (χ4v) is 1.68. The first-order chi connectivity index (χ1) is 6.43. The zero-order chi connectivity index (χ0) is 10.9. The third-order valence-corrected chi connectivity index (χ3v) is 3.55. The lowest BCUT2D eigenvalue weighted by Crippen LogP contribution is -2.24. The van der Waals surface area contributed by atoms with Gasteiger partial charge in [-0.2, -0.15) is 0 Å². The van der Waals surface area contributed by atoms with Gasteiger partial charge in [0.15, 0.2) is 0 Å². The summed E-state index contributed by atoms with van der Waals surface area (Å²) in [6.07, 6.45) is -0.583. The van der Waals surface area contributed by atoms with Gasteiger partial charge in [0, 0.05) is 10.5 Å². The average molecular weight is 258 g/mol. The molecule has 14 heavy (non-hydrogen) atoms. The summed E-state index contributed by atoms with van der Waals surface area (Å²) in [6.45, 7) is 5.82. The summed E-state index contributed by atoms with van der Waals surface area (Å²) in [6, 6.07) is 3.69. The Morgan fingerprint density at radius 2 is 1.71 bits per heavy atom. The van der Waals surface area contributed by atoms with Crippen molar-refractivity contribution in [1.29, 1.82) is 0 Å². The molecule has 1 rings (SSSR count). The summed E-state index contributed by atoms with van der Waals surface area (Å²) < 4.78 is 1.10. The zero-order valence-corrected chi connectivity index (χ0v) is 10.3. The first kappa shape index (κ1) is 11.7. The van der Waals surface area contributed by atoms with E-state index in [9.17, 15) is 5.11 Å². The molecular formula is C11H16BrNO. The lowest BCUT2D eigenvalue weighted by molar-refractivity contribution is 0.153. The Morgan fingerprint density at radius 1 is 1.29 bits per heavy atom. The van der Waals surface area contributed by atoms with Crippen LogP contribution in [-0.4, -0.2) is 11.1 Å². The van der Waals surface area contributed by atoms with Crippen LogP contribution in [0.5, 0.6) is 0 Å². The van der Waals surface area contributed by atoms with E-state index in [1.807, 2.05) is 26.0 Å². The van der Waals surface area contributed by atoms with E-state index in [4.69, 9.17) is 5.73 Å².